The fraction of sp³-hybridized carbons (Fsp3) is 0.533. The molecule has 0 saturated carbocycles. The highest BCUT2D eigenvalue weighted by Crippen LogP contribution is 2.12. The molecule has 1 amide bonds. The van der Waals surface area contributed by atoms with Crippen LogP contribution in [0.4, 0.5) is 0 Å². The van der Waals surface area contributed by atoms with Crippen molar-refractivity contribution in [2.45, 2.75) is 39.3 Å². The highest BCUT2D eigenvalue weighted by atomic mass is 16.5. The number of ether oxygens (including phenoxy) is 1. The van der Waals surface area contributed by atoms with Gasteiger partial charge in [-0.15, -0.1) is 0 Å². The van der Waals surface area contributed by atoms with E-state index in [2.05, 4.69) is 31.4 Å². The Morgan fingerprint density at radius 1 is 1.32 bits per heavy atom. The molecular formula is C15H24N2O2. The van der Waals surface area contributed by atoms with Crippen molar-refractivity contribution in [3.05, 3.63) is 29.8 Å². The zero-order valence-corrected chi connectivity index (χ0v) is 12.2. The summed E-state index contributed by atoms with van der Waals surface area (Å²) in [7, 11) is 1.63. The van der Waals surface area contributed by atoms with Gasteiger partial charge < -0.3 is 15.4 Å². The standard InChI is InChI=1S/C15H24N2O2/c1-15(2,3)17-9-8-14(18)16-11-12-6-5-7-13(10-12)19-4/h5-7,10,17H,8-9,11H2,1-4H3,(H,16,18). The van der Waals surface area contributed by atoms with Crippen LogP contribution in [0.15, 0.2) is 24.3 Å². The minimum absolute atomic E-state index is 0.0487. The van der Waals surface area contributed by atoms with E-state index < -0.39 is 0 Å². The molecule has 4 heteroatoms. The minimum Gasteiger partial charge on any atom is -0.497 e. The predicted molar refractivity (Wildman–Crippen MR) is 77.2 cm³/mol. The van der Waals surface area contributed by atoms with Crippen LogP contribution in [0.25, 0.3) is 0 Å². The molecule has 0 aliphatic heterocycles. The lowest BCUT2D eigenvalue weighted by molar-refractivity contribution is -0.121. The van der Waals surface area contributed by atoms with E-state index in [0.717, 1.165) is 11.3 Å². The number of nitrogens with one attached hydrogen (secondary N) is 2. The SMILES string of the molecule is COc1cccc(CNC(=O)CCNC(C)(C)C)c1. The van der Waals surface area contributed by atoms with Crippen LogP contribution >= 0.6 is 0 Å². The number of carbonyl (C=O) groups is 1. The fourth-order valence-electron chi connectivity index (χ4n) is 1.62. The summed E-state index contributed by atoms with van der Waals surface area (Å²) in [6.07, 6.45) is 0.487. The Kier molecular flexibility index (Phi) is 5.83. The quantitative estimate of drug-likeness (QED) is 0.827. The molecule has 0 spiro atoms. The van der Waals surface area contributed by atoms with E-state index in [1.54, 1.807) is 7.11 Å². The Hall–Kier alpha value is -1.55. The molecule has 2 N–H and O–H groups in total. The molecule has 0 aromatic heterocycles. The summed E-state index contributed by atoms with van der Waals surface area (Å²) in [6, 6.07) is 7.70. The van der Waals surface area contributed by atoms with Crippen LogP contribution in [0.2, 0.25) is 0 Å². The zero-order valence-electron chi connectivity index (χ0n) is 12.2. The first-order chi connectivity index (χ1) is 8.90. The maximum atomic E-state index is 11.7. The van der Waals surface area contributed by atoms with Gasteiger partial charge in [0.05, 0.1) is 7.11 Å². The monoisotopic (exact) mass is 264 g/mol. The van der Waals surface area contributed by atoms with Crippen molar-refractivity contribution in [3.63, 3.8) is 0 Å². The van der Waals surface area contributed by atoms with Crippen molar-refractivity contribution in [3.8, 4) is 5.75 Å². The lowest BCUT2D eigenvalue weighted by Crippen LogP contribution is -2.38. The van der Waals surface area contributed by atoms with Gasteiger partial charge in [0, 0.05) is 25.0 Å². The van der Waals surface area contributed by atoms with Gasteiger partial charge in [-0.3, -0.25) is 4.79 Å². The second kappa shape index (κ2) is 7.14. The van der Waals surface area contributed by atoms with Crippen LogP contribution < -0.4 is 15.4 Å². The third kappa shape index (κ3) is 6.82. The molecule has 0 atom stereocenters. The molecule has 106 valence electrons. The Morgan fingerprint density at radius 2 is 2.05 bits per heavy atom. The molecule has 1 rings (SSSR count). The van der Waals surface area contributed by atoms with Gasteiger partial charge in [-0.25, -0.2) is 0 Å². The van der Waals surface area contributed by atoms with E-state index in [4.69, 9.17) is 4.74 Å². The van der Waals surface area contributed by atoms with Crippen LogP contribution in [0.3, 0.4) is 0 Å². The molecule has 1 aromatic rings. The van der Waals surface area contributed by atoms with Crippen LogP contribution in [-0.4, -0.2) is 25.1 Å². The van der Waals surface area contributed by atoms with Crippen LogP contribution in [0, 0.1) is 0 Å². The summed E-state index contributed by atoms with van der Waals surface area (Å²) >= 11 is 0. The average Bonchev–Trinajstić information content (AvgIpc) is 2.35. The van der Waals surface area contributed by atoms with E-state index in [9.17, 15) is 4.79 Å². The van der Waals surface area contributed by atoms with Gasteiger partial charge in [0.1, 0.15) is 5.75 Å². The van der Waals surface area contributed by atoms with Crippen molar-refractivity contribution < 1.29 is 9.53 Å². The van der Waals surface area contributed by atoms with Crippen LogP contribution in [-0.2, 0) is 11.3 Å². The molecule has 0 aliphatic rings. The minimum atomic E-state index is 0.0487. The molecule has 0 fully saturated rings. The lowest BCUT2D eigenvalue weighted by atomic mass is 10.1. The predicted octanol–water partition coefficient (Wildman–Crippen LogP) is 2.09. The number of carbonyl (C=O) groups excluding carboxylic acids is 1. The van der Waals surface area contributed by atoms with Gasteiger partial charge in [-0.2, -0.15) is 0 Å². The summed E-state index contributed by atoms with van der Waals surface area (Å²) in [5.74, 6) is 0.862. The van der Waals surface area contributed by atoms with Crippen molar-refractivity contribution in [2.75, 3.05) is 13.7 Å². The summed E-state index contributed by atoms with van der Waals surface area (Å²) in [6.45, 7) is 7.47. The van der Waals surface area contributed by atoms with Gasteiger partial charge in [0.2, 0.25) is 5.91 Å². The number of benzene rings is 1. The molecule has 0 bridgehead atoms. The maximum Gasteiger partial charge on any atom is 0.221 e. The zero-order chi connectivity index (χ0) is 14.3. The van der Waals surface area contributed by atoms with E-state index in [-0.39, 0.29) is 11.4 Å². The second-order valence-electron chi connectivity index (χ2n) is 5.56. The topological polar surface area (TPSA) is 50.4 Å². The number of methoxy groups -OCH3 is 1. The highest BCUT2D eigenvalue weighted by Gasteiger charge is 2.09. The van der Waals surface area contributed by atoms with Gasteiger partial charge in [-0.1, -0.05) is 12.1 Å². The molecule has 0 unspecified atom stereocenters. The van der Waals surface area contributed by atoms with Crippen molar-refractivity contribution in [1.29, 1.82) is 0 Å². The maximum absolute atomic E-state index is 11.7. The molecule has 19 heavy (non-hydrogen) atoms. The van der Waals surface area contributed by atoms with E-state index in [1.807, 2.05) is 24.3 Å². The summed E-state index contributed by atoms with van der Waals surface area (Å²) in [4.78, 5) is 11.7. The molecule has 1 aromatic carbocycles. The molecule has 0 heterocycles. The third-order valence-electron chi connectivity index (χ3n) is 2.63. The first-order valence-electron chi connectivity index (χ1n) is 6.55. The number of rotatable bonds is 6. The van der Waals surface area contributed by atoms with E-state index in [0.29, 0.717) is 19.5 Å². The smallest absolute Gasteiger partial charge is 0.221 e. The third-order valence-corrected chi connectivity index (χ3v) is 2.63. The van der Waals surface area contributed by atoms with Crippen molar-refractivity contribution in [1.82, 2.24) is 10.6 Å². The average molecular weight is 264 g/mol. The van der Waals surface area contributed by atoms with Crippen molar-refractivity contribution in [2.24, 2.45) is 0 Å². The normalized spacial score (nSPS) is 11.2. The van der Waals surface area contributed by atoms with Gasteiger partial charge in [0.15, 0.2) is 0 Å². The molecule has 4 nitrogen and oxygen atoms in total. The van der Waals surface area contributed by atoms with Gasteiger partial charge >= 0.3 is 0 Å². The fourth-order valence-corrected chi connectivity index (χ4v) is 1.62. The Balaban J connectivity index is 2.29. The van der Waals surface area contributed by atoms with Gasteiger partial charge in [0.25, 0.3) is 0 Å². The Bertz CT molecular complexity index is 411. The summed E-state index contributed by atoms with van der Waals surface area (Å²) in [5, 5.41) is 6.19. The van der Waals surface area contributed by atoms with Gasteiger partial charge in [-0.05, 0) is 38.5 Å². The largest absolute Gasteiger partial charge is 0.497 e. The number of hydrogen-bond donors (Lipinski definition) is 2. The van der Waals surface area contributed by atoms with Crippen LogP contribution in [0.5, 0.6) is 5.75 Å². The number of hydrogen-bond acceptors (Lipinski definition) is 3. The first-order valence-corrected chi connectivity index (χ1v) is 6.55. The second-order valence-corrected chi connectivity index (χ2v) is 5.56. The molecule has 0 radical (unpaired) electrons. The summed E-state index contributed by atoms with van der Waals surface area (Å²) < 4.78 is 5.14. The molecule has 0 aliphatic carbocycles. The van der Waals surface area contributed by atoms with Crippen LogP contribution in [0.1, 0.15) is 32.8 Å². The Morgan fingerprint density at radius 3 is 2.68 bits per heavy atom. The highest BCUT2D eigenvalue weighted by molar-refractivity contribution is 5.76. The van der Waals surface area contributed by atoms with E-state index >= 15 is 0 Å². The van der Waals surface area contributed by atoms with E-state index in [1.165, 1.54) is 0 Å². The number of amides is 1. The lowest BCUT2D eigenvalue weighted by Gasteiger charge is -2.20. The Labute approximate surface area is 115 Å². The first kappa shape index (κ1) is 15.5. The summed E-state index contributed by atoms with van der Waals surface area (Å²) in [5.41, 5.74) is 1.09. The molecular weight excluding hydrogens is 240 g/mol. The van der Waals surface area contributed by atoms with Crippen molar-refractivity contribution >= 4 is 5.91 Å². The molecule has 0 saturated heterocycles.